The largest absolute Gasteiger partial charge is 1.00 e. The van der Waals surface area contributed by atoms with Crippen LogP contribution in [0.1, 0.15) is 51.4 Å². The normalized spacial score (nSPS) is 15.2. The molecule has 0 atom stereocenters. The van der Waals surface area contributed by atoms with Gasteiger partial charge in [-0.15, -0.1) is 12.4 Å². The molecule has 0 aromatic heterocycles. The first kappa shape index (κ1) is 41.8. The maximum atomic E-state index is 10.2. The first-order chi connectivity index (χ1) is 10.1. The van der Waals surface area contributed by atoms with E-state index in [4.69, 9.17) is 22.8 Å². The summed E-state index contributed by atoms with van der Waals surface area (Å²) in [7, 11) is 0. The van der Waals surface area contributed by atoms with Crippen LogP contribution < -0.4 is 54.7 Å². The summed E-state index contributed by atoms with van der Waals surface area (Å²) in [5, 5.41) is 14.7. The van der Waals surface area contributed by atoms with E-state index in [1.54, 1.807) is 0 Å². The Morgan fingerprint density at radius 2 is 1.38 bits per heavy atom. The van der Waals surface area contributed by atoms with Crippen molar-refractivity contribution in [2.75, 3.05) is 0 Å². The van der Waals surface area contributed by atoms with Crippen LogP contribution >= 0.6 is 86.9 Å². The fourth-order valence-electron chi connectivity index (χ4n) is 1.89. The fraction of sp³-hybridized carbons (Fsp3) is 0.750. The molecule has 5 nitrogen and oxygen atoms in total. The Hall–Kier alpha value is 3.51. The second-order valence-corrected chi connectivity index (χ2v) is 20.5. The van der Waals surface area contributed by atoms with Gasteiger partial charge in [-0.1, -0.05) is 12.8 Å². The molecule has 24 heavy (non-hydrogen) atoms. The zero-order valence-corrected chi connectivity index (χ0v) is 27.1. The van der Waals surface area contributed by atoms with E-state index < -0.39 is 5.54 Å². The maximum Gasteiger partial charge on any atom is 1.00 e. The van der Waals surface area contributed by atoms with Gasteiger partial charge in [-0.2, -0.15) is 5.26 Å². The molecule has 12 heteroatoms. The fourth-order valence-corrected chi connectivity index (χ4v) is 1.89. The number of Topliss-reactive ketones (excluding diaryl/α,β-unsaturated/α-hetero) is 1. The molecule has 0 unspecified atom stereocenters. The summed E-state index contributed by atoms with van der Waals surface area (Å²) < 4.78 is 0. The third-order valence-corrected chi connectivity index (χ3v) is 2.88. The van der Waals surface area contributed by atoms with Crippen molar-refractivity contribution in [2.24, 2.45) is 5.73 Å². The predicted molar refractivity (Wildman–Crippen MR) is 128 cm³/mol. The first-order valence-electron chi connectivity index (χ1n) is 6.03. The van der Waals surface area contributed by atoms with Crippen molar-refractivity contribution < 1.29 is 47.6 Å². The average molecular weight is 931 g/mol. The van der Waals surface area contributed by atoms with Crippen molar-refractivity contribution in [3.05, 3.63) is 6.57 Å². The number of ketones is 1. The molecule has 140 valence electrons. The van der Waals surface area contributed by atoms with Gasteiger partial charge >= 0.3 is 80.0 Å². The summed E-state index contributed by atoms with van der Waals surface area (Å²) in [5.41, 5.74) is 5.14. The topological polar surface area (TPSA) is 126 Å². The molecule has 0 aromatic carbocycles. The number of hydrogen-bond acceptors (Lipinski definition) is 5. The molecule has 2 saturated carbocycles. The van der Waals surface area contributed by atoms with Crippen LogP contribution in [-0.4, -0.2) is 11.3 Å². The Morgan fingerprint density at radius 1 is 1.08 bits per heavy atom. The number of hydrogen-bond donors (Lipinski definition) is 2. The summed E-state index contributed by atoms with van der Waals surface area (Å²) in [5.74, 6) is 0.454. The number of carbonyl (C=O) groups is 1. The summed E-state index contributed by atoms with van der Waals surface area (Å²) in [6, 6.07) is 2.12. The second-order valence-electron chi connectivity index (χ2n) is 4.27. The van der Waals surface area contributed by atoms with E-state index in [1.165, 1.54) is 0 Å². The van der Waals surface area contributed by atoms with E-state index in [1.807, 2.05) is 0 Å². The van der Waals surface area contributed by atoms with Gasteiger partial charge < -0.3 is 23.7 Å². The van der Waals surface area contributed by atoms with Crippen LogP contribution in [0.5, 0.6) is 0 Å². The molecule has 0 radical (unpaired) electrons. The van der Waals surface area contributed by atoms with Gasteiger partial charge in [0.1, 0.15) is 11.3 Å². The van der Waals surface area contributed by atoms with Gasteiger partial charge in [0.05, 0.1) is 6.07 Å². The summed E-state index contributed by atoms with van der Waals surface area (Å²) in [6.07, 6.45) is 8.01. The van der Waals surface area contributed by atoms with Gasteiger partial charge in [0.15, 0.2) is 0 Å². The minimum absolute atomic E-state index is 0. The monoisotopic (exact) mass is 931 g/mol. The molecule has 0 aromatic rings. The number of rotatable bonds is 0. The van der Waals surface area contributed by atoms with Crippen molar-refractivity contribution in [2.45, 2.75) is 56.9 Å². The van der Waals surface area contributed by atoms with E-state index in [0.717, 1.165) is 51.4 Å². The first-order valence-corrected chi connectivity index (χ1v) is 24.9. The van der Waals surface area contributed by atoms with Gasteiger partial charge in [0.2, 0.25) is 0 Å². The molecule has 2 aliphatic carbocycles. The number of carbonyl (C=O) groups excluding carboxylic acids is 1. The van der Waals surface area contributed by atoms with Crippen LogP contribution in [0.2, 0.25) is 0 Å². The zero-order valence-electron chi connectivity index (χ0n) is 13.5. The summed E-state index contributed by atoms with van der Waals surface area (Å²) in [6.45, 7) is 4.75. The van der Waals surface area contributed by atoms with Crippen molar-refractivity contribution in [3.63, 3.8) is 0 Å². The van der Waals surface area contributed by atoms with E-state index in [-0.39, 0.29) is 48.1 Å². The summed E-state index contributed by atoms with van der Waals surface area (Å²) in [4.78, 5) is 10.2. The van der Waals surface area contributed by atoms with Gasteiger partial charge in [0, 0.05) is 50.1 Å². The second kappa shape index (κ2) is 34.0. The number of nitrogens with two attached hydrogens (primary N) is 1. The van der Waals surface area contributed by atoms with Gasteiger partial charge in [-0.3, -0.25) is 4.79 Å². The number of nitrogens with zero attached hydrogens (tertiary/aromatic N) is 2. The van der Waals surface area contributed by atoms with Crippen LogP contribution in [-0.2, 0) is 4.79 Å². The molecule has 5 N–H and O–H groups in total. The molecule has 0 bridgehead atoms. The zero-order chi connectivity index (χ0) is 17.1. The van der Waals surface area contributed by atoms with Crippen LogP contribution in [0.4, 0.5) is 0 Å². The Labute approximate surface area is 227 Å². The standard InChI is InChI=1S/C6H10N2.C5H8O.CN.ClH.I3.I2.H3N.Na/c7-5-6(8)3-1-2-4-6;6-5-3-1-2-4-5;1-2;;1-3-2;1-2;;/h1-4,8H2;1-4H2;;1H;;;1H3;/q;;-1;;-1;;;+1. The molecule has 0 spiro atoms. The molecule has 2 rings (SSSR count). The Bertz CT molecular complexity index is 308. The van der Waals surface area contributed by atoms with Gasteiger partial charge in [-0.05, 0) is 25.7 Å². The maximum absolute atomic E-state index is 10.2. The minimum atomic E-state index is -0.458. The molecule has 2 fully saturated rings. The van der Waals surface area contributed by atoms with Gasteiger partial charge in [-0.25, -0.2) is 0 Å². The Balaban J connectivity index is -0.0000000459. The molecule has 0 amide bonds. The molecular weight excluding hydrogens is 909 g/mol. The van der Waals surface area contributed by atoms with Crippen molar-refractivity contribution in [3.8, 4) is 6.07 Å². The van der Waals surface area contributed by atoms with E-state index in [2.05, 4.69) is 80.5 Å². The smallest absolute Gasteiger partial charge is 0.512 e. The van der Waals surface area contributed by atoms with Crippen LogP contribution in [0.15, 0.2) is 0 Å². The number of halogens is 6. The Morgan fingerprint density at radius 3 is 1.50 bits per heavy atom. The molecule has 0 saturated heterocycles. The van der Waals surface area contributed by atoms with Gasteiger partial charge in [0.25, 0.3) is 0 Å². The van der Waals surface area contributed by atoms with Crippen molar-refractivity contribution in [1.29, 1.82) is 10.5 Å². The van der Waals surface area contributed by atoms with Crippen molar-refractivity contribution in [1.82, 2.24) is 6.15 Å². The minimum Gasteiger partial charge on any atom is -0.512 e. The van der Waals surface area contributed by atoms with Crippen LogP contribution in [0.3, 0.4) is 0 Å². The quantitative estimate of drug-likeness (QED) is 0.204. The van der Waals surface area contributed by atoms with E-state index in [9.17, 15) is 4.79 Å². The summed E-state index contributed by atoms with van der Waals surface area (Å²) >= 11 is 9.54. The molecule has 2 aliphatic rings. The Kier molecular flexibility index (Phi) is 59.3. The van der Waals surface area contributed by atoms with E-state index >= 15 is 0 Å². The van der Waals surface area contributed by atoms with Crippen LogP contribution in [0, 0.1) is 23.2 Å². The molecule has 0 heterocycles. The van der Waals surface area contributed by atoms with Crippen LogP contribution in [0.25, 0.3) is 0 Å². The van der Waals surface area contributed by atoms with E-state index in [0.29, 0.717) is 19.0 Å². The average Bonchev–Trinajstić information content (AvgIpc) is 3.17. The third-order valence-electron chi connectivity index (χ3n) is 2.88. The third kappa shape index (κ3) is 30.2. The SMILES string of the molecule is Cl.II.I[I-]I.N.N#CC1(N)CCCC1.O=C1CCCC1.[C-]#N.[Na+]. The molecule has 0 aliphatic heterocycles. The molecular formula is C12H22ClI5N4NaO-. The van der Waals surface area contributed by atoms with Crippen molar-refractivity contribution >= 4 is 92.7 Å². The predicted octanol–water partition coefficient (Wildman–Crippen LogP) is 0.142. The number of nitriles is 1.